The number of rotatable bonds is 5. The molecule has 204 valence electrons. The molecular formula is C28H31ClN6O4. The number of amides is 3. The first-order valence-corrected chi connectivity index (χ1v) is 13.5. The van der Waals surface area contributed by atoms with E-state index in [9.17, 15) is 14.4 Å². The van der Waals surface area contributed by atoms with Crippen LogP contribution in [0.15, 0.2) is 36.5 Å². The largest absolute Gasteiger partial charge is 0.449 e. The lowest BCUT2D eigenvalue weighted by molar-refractivity contribution is 0.0390. The zero-order valence-electron chi connectivity index (χ0n) is 21.7. The molecule has 10 nitrogen and oxygen atoms in total. The van der Waals surface area contributed by atoms with Gasteiger partial charge in [-0.1, -0.05) is 24.6 Å². The van der Waals surface area contributed by atoms with Crippen LogP contribution in [0.4, 0.5) is 4.79 Å². The first-order chi connectivity index (χ1) is 18.8. The zero-order chi connectivity index (χ0) is 27.7. The number of primary amides is 1. The molecule has 0 bridgehead atoms. The summed E-state index contributed by atoms with van der Waals surface area (Å²) in [6.45, 7) is 3.11. The summed E-state index contributed by atoms with van der Waals surface area (Å²) in [5, 5.41) is 1.45. The number of aromatic nitrogens is 2. The quantitative estimate of drug-likeness (QED) is 0.496. The molecule has 1 saturated heterocycles. The van der Waals surface area contributed by atoms with Crippen LogP contribution in [0.3, 0.4) is 0 Å². The second-order valence-electron chi connectivity index (χ2n) is 9.99. The van der Waals surface area contributed by atoms with Crippen LogP contribution >= 0.6 is 11.6 Å². The van der Waals surface area contributed by atoms with Crippen LogP contribution in [-0.4, -0.2) is 70.1 Å². The molecule has 4 N–H and O–H groups in total. The Morgan fingerprint density at radius 1 is 1.18 bits per heavy atom. The zero-order valence-corrected chi connectivity index (χ0v) is 22.5. The Morgan fingerprint density at radius 3 is 2.74 bits per heavy atom. The maximum absolute atomic E-state index is 13.4. The van der Waals surface area contributed by atoms with Gasteiger partial charge in [0.25, 0.3) is 11.8 Å². The lowest BCUT2D eigenvalue weighted by Gasteiger charge is -2.38. The Hall–Kier alpha value is -3.76. The molecule has 1 aliphatic heterocycles. The average Bonchev–Trinajstić information content (AvgIpc) is 2.95. The molecule has 2 aromatic heterocycles. The maximum Gasteiger partial charge on any atom is 0.411 e. The number of carbonyl (C=O) groups is 3. The van der Waals surface area contributed by atoms with E-state index >= 15 is 0 Å². The third kappa shape index (κ3) is 5.39. The number of ether oxygens (including phenoxy) is 1. The summed E-state index contributed by atoms with van der Waals surface area (Å²) < 4.78 is 5.20. The monoisotopic (exact) mass is 550 g/mol. The molecule has 1 aromatic carbocycles. The van der Waals surface area contributed by atoms with Crippen LogP contribution in [0.2, 0.25) is 5.02 Å². The highest BCUT2D eigenvalue weighted by Crippen LogP contribution is 2.38. The molecule has 11 heteroatoms. The number of hydrogen-bond donors (Lipinski definition) is 2. The number of halogens is 1. The van der Waals surface area contributed by atoms with Crippen molar-refractivity contribution in [2.45, 2.75) is 44.7 Å². The molecular weight excluding hydrogens is 520 g/mol. The Morgan fingerprint density at radius 2 is 2.00 bits per heavy atom. The Labute approximate surface area is 231 Å². The van der Waals surface area contributed by atoms with Crippen molar-refractivity contribution in [3.63, 3.8) is 0 Å². The average molecular weight is 551 g/mol. The van der Waals surface area contributed by atoms with Crippen molar-refractivity contribution in [2.75, 3.05) is 26.2 Å². The summed E-state index contributed by atoms with van der Waals surface area (Å²) in [5.74, 6) is -0.597. The van der Waals surface area contributed by atoms with Gasteiger partial charge in [0, 0.05) is 35.9 Å². The van der Waals surface area contributed by atoms with Gasteiger partial charge in [-0.3, -0.25) is 24.5 Å². The molecule has 39 heavy (non-hydrogen) atoms. The van der Waals surface area contributed by atoms with Crippen LogP contribution in [0.5, 0.6) is 0 Å². The van der Waals surface area contributed by atoms with Gasteiger partial charge in [0.15, 0.2) is 0 Å². The number of piperazine rings is 1. The molecule has 0 saturated carbocycles. The lowest BCUT2D eigenvalue weighted by Crippen LogP contribution is -2.60. The van der Waals surface area contributed by atoms with Crippen LogP contribution < -0.4 is 11.5 Å². The van der Waals surface area contributed by atoms with Crippen LogP contribution in [0, 0.1) is 0 Å². The third-order valence-electron chi connectivity index (χ3n) is 7.41. The van der Waals surface area contributed by atoms with Gasteiger partial charge in [-0.15, -0.1) is 0 Å². The van der Waals surface area contributed by atoms with E-state index in [-0.39, 0.29) is 24.1 Å². The van der Waals surface area contributed by atoms with E-state index in [1.165, 1.54) is 4.90 Å². The van der Waals surface area contributed by atoms with Gasteiger partial charge in [0.2, 0.25) is 0 Å². The van der Waals surface area contributed by atoms with E-state index in [1.807, 2.05) is 19.1 Å². The molecule has 3 amide bonds. The standard InChI is InChI=1S/C28H31ClN6O4/c1-2-11-39-28(38)35-10-9-34(15-24(35)30)27(37)18-4-6-20-22(14-18)33-21-12-16(3-5-19(21)25(20)29)17-7-8-32-23(13-17)26(31)36/h4,6-8,13-14,16,24H,2-3,5,9-12,15,30H2,1H3,(H2,31,36)/t16?,24-/m0/s1. The third-order valence-corrected chi connectivity index (χ3v) is 7.84. The molecule has 3 heterocycles. The van der Waals surface area contributed by atoms with Gasteiger partial charge in [0.1, 0.15) is 11.9 Å². The lowest BCUT2D eigenvalue weighted by atomic mass is 9.82. The van der Waals surface area contributed by atoms with Gasteiger partial charge in [0.05, 0.1) is 23.7 Å². The predicted octanol–water partition coefficient (Wildman–Crippen LogP) is 3.24. The minimum absolute atomic E-state index is 0.145. The van der Waals surface area contributed by atoms with Gasteiger partial charge in [-0.25, -0.2) is 4.79 Å². The Kier molecular flexibility index (Phi) is 7.67. The smallest absolute Gasteiger partial charge is 0.411 e. The molecule has 2 atom stereocenters. The number of carbonyl (C=O) groups excluding carboxylic acids is 3. The van der Waals surface area contributed by atoms with Gasteiger partial charge in [-0.2, -0.15) is 0 Å². The predicted molar refractivity (Wildman–Crippen MR) is 146 cm³/mol. The van der Waals surface area contributed by atoms with Gasteiger partial charge >= 0.3 is 6.09 Å². The minimum Gasteiger partial charge on any atom is -0.449 e. The van der Waals surface area contributed by atoms with Crippen molar-refractivity contribution in [3.8, 4) is 0 Å². The van der Waals surface area contributed by atoms with Crippen LogP contribution in [0.25, 0.3) is 10.9 Å². The molecule has 0 spiro atoms. The highest BCUT2D eigenvalue weighted by atomic mass is 35.5. The molecule has 1 fully saturated rings. The summed E-state index contributed by atoms with van der Waals surface area (Å²) in [5.41, 5.74) is 15.9. The van der Waals surface area contributed by atoms with Crippen molar-refractivity contribution in [3.05, 3.63) is 69.6 Å². The Balaban J connectivity index is 1.36. The summed E-state index contributed by atoms with van der Waals surface area (Å²) in [6.07, 6.45) is 3.48. The maximum atomic E-state index is 13.4. The van der Waals surface area contributed by atoms with E-state index < -0.39 is 18.2 Å². The Bertz CT molecular complexity index is 1450. The summed E-state index contributed by atoms with van der Waals surface area (Å²) in [4.78, 5) is 49.3. The molecule has 5 rings (SSSR count). The van der Waals surface area contributed by atoms with Crippen molar-refractivity contribution >= 4 is 40.4 Å². The van der Waals surface area contributed by atoms with Crippen LogP contribution in [0.1, 0.15) is 63.4 Å². The van der Waals surface area contributed by atoms with E-state index in [4.69, 9.17) is 32.8 Å². The summed E-state index contributed by atoms with van der Waals surface area (Å²) in [7, 11) is 0. The topological polar surface area (TPSA) is 145 Å². The van der Waals surface area contributed by atoms with Crippen LogP contribution in [-0.2, 0) is 17.6 Å². The number of hydrogen-bond acceptors (Lipinski definition) is 7. The van der Waals surface area contributed by atoms with E-state index in [0.717, 1.165) is 41.5 Å². The summed E-state index contributed by atoms with van der Waals surface area (Å²) >= 11 is 6.83. The number of pyridine rings is 2. The van der Waals surface area contributed by atoms with E-state index in [2.05, 4.69) is 4.98 Å². The van der Waals surface area contributed by atoms with E-state index in [1.54, 1.807) is 29.3 Å². The normalized spacial score (nSPS) is 19.1. The fraction of sp³-hybridized carbons (Fsp3) is 0.393. The van der Waals surface area contributed by atoms with Gasteiger partial charge < -0.3 is 21.1 Å². The highest BCUT2D eigenvalue weighted by Gasteiger charge is 2.32. The molecule has 0 radical (unpaired) electrons. The second-order valence-corrected chi connectivity index (χ2v) is 10.4. The second kappa shape index (κ2) is 11.2. The number of nitrogens with zero attached hydrogens (tertiary/aromatic N) is 4. The molecule has 2 aliphatic rings. The fourth-order valence-electron chi connectivity index (χ4n) is 5.32. The number of fused-ring (bicyclic) bond motifs is 2. The minimum atomic E-state index is -0.646. The number of benzene rings is 1. The fourth-order valence-corrected chi connectivity index (χ4v) is 5.68. The highest BCUT2D eigenvalue weighted by molar-refractivity contribution is 6.36. The first kappa shape index (κ1) is 26.8. The van der Waals surface area contributed by atoms with Crippen molar-refractivity contribution in [1.29, 1.82) is 0 Å². The van der Waals surface area contributed by atoms with Crippen molar-refractivity contribution in [1.82, 2.24) is 19.8 Å². The first-order valence-electron chi connectivity index (χ1n) is 13.1. The molecule has 1 unspecified atom stereocenters. The SMILES string of the molecule is CCCOC(=O)N1CCN(C(=O)c2ccc3c(Cl)c4c(nc3c2)CC(c2ccnc(C(N)=O)c2)CC4)C[C@H]1N. The van der Waals surface area contributed by atoms with Crippen molar-refractivity contribution in [2.24, 2.45) is 11.5 Å². The van der Waals surface area contributed by atoms with E-state index in [0.29, 0.717) is 42.2 Å². The van der Waals surface area contributed by atoms with Gasteiger partial charge in [-0.05, 0) is 67.0 Å². The summed E-state index contributed by atoms with van der Waals surface area (Å²) in [6, 6.07) is 9.00. The van der Waals surface area contributed by atoms with Crippen molar-refractivity contribution < 1.29 is 19.1 Å². The molecule has 1 aliphatic carbocycles. The number of nitrogens with two attached hydrogens (primary N) is 2. The molecule has 3 aromatic rings.